The quantitative estimate of drug-likeness (QED) is 0.432. The molecule has 1 saturated heterocycles. The third-order valence-electron chi connectivity index (χ3n) is 5.45. The van der Waals surface area contributed by atoms with Crippen molar-refractivity contribution in [3.8, 4) is 0 Å². The van der Waals surface area contributed by atoms with E-state index in [0.717, 1.165) is 35.2 Å². The molecule has 0 saturated carbocycles. The van der Waals surface area contributed by atoms with Crippen molar-refractivity contribution in [2.24, 2.45) is 4.99 Å². The molecule has 4 heterocycles. The number of hydrogen-bond acceptors (Lipinski definition) is 9. The number of amidine groups is 1. The lowest BCUT2D eigenvalue weighted by molar-refractivity contribution is -0.141. The molecule has 0 aliphatic carbocycles. The van der Waals surface area contributed by atoms with Crippen LogP contribution in [0, 0.1) is 0 Å². The van der Waals surface area contributed by atoms with Gasteiger partial charge >= 0.3 is 5.97 Å². The zero-order chi connectivity index (χ0) is 22.5. The normalized spacial score (nSPS) is 22.5. The second-order valence-corrected chi connectivity index (χ2v) is 9.47. The summed E-state index contributed by atoms with van der Waals surface area (Å²) in [7, 11) is 1.56. The van der Waals surface area contributed by atoms with E-state index in [1.807, 2.05) is 34.7 Å². The standard InChI is InChI=1S/C22H27N3O5S2/c1-14-19(21(27)30-9-8-28-2)20(17-6-4-10-31-17)25-15(13-32-22(25)24-14)11-18(26)23-12-16-5-3-7-29-16/h4,6,10,13,16,20H,3,5,7-9,11-12H2,1-2H3,(H,23,26)/t16-,20+/m0/s1. The summed E-state index contributed by atoms with van der Waals surface area (Å²) >= 11 is 3.03. The molecule has 1 N–H and O–H groups in total. The molecule has 0 radical (unpaired) electrons. The molecule has 4 rings (SSSR count). The minimum Gasteiger partial charge on any atom is -0.460 e. The van der Waals surface area contributed by atoms with Gasteiger partial charge < -0.3 is 24.4 Å². The van der Waals surface area contributed by atoms with Crippen molar-refractivity contribution in [1.29, 1.82) is 0 Å². The zero-order valence-electron chi connectivity index (χ0n) is 18.2. The van der Waals surface area contributed by atoms with Crippen molar-refractivity contribution in [1.82, 2.24) is 10.2 Å². The maximum Gasteiger partial charge on any atom is 0.338 e. The van der Waals surface area contributed by atoms with E-state index in [0.29, 0.717) is 24.4 Å². The van der Waals surface area contributed by atoms with Crippen LogP contribution < -0.4 is 5.32 Å². The van der Waals surface area contributed by atoms with Crippen LogP contribution in [0.3, 0.4) is 0 Å². The van der Waals surface area contributed by atoms with Crippen molar-refractivity contribution < 1.29 is 23.8 Å². The fourth-order valence-electron chi connectivity index (χ4n) is 3.90. The predicted molar refractivity (Wildman–Crippen MR) is 124 cm³/mol. The smallest absolute Gasteiger partial charge is 0.338 e. The third kappa shape index (κ3) is 5.09. The number of nitrogens with one attached hydrogen (secondary N) is 1. The van der Waals surface area contributed by atoms with Gasteiger partial charge in [0.1, 0.15) is 12.6 Å². The van der Waals surface area contributed by atoms with Gasteiger partial charge in [-0.3, -0.25) is 4.79 Å². The van der Waals surface area contributed by atoms with Crippen LogP contribution in [-0.2, 0) is 23.8 Å². The van der Waals surface area contributed by atoms with Crippen molar-refractivity contribution in [3.05, 3.63) is 44.8 Å². The van der Waals surface area contributed by atoms with E-state index in [4.69, 9.17) is 14.2 Å². The lowest BCUT2D eigenvalue weighted by atomic mass is 9.99. The highest BCUT2D eigenvalue weighted by atomic mass is 32.2. The molecule has 32 heavy (non-hydrogen) atoms. The summed E-state index contributed by atoms with van der Waals surface area (Å²) < 4.78 is 16.0. The number of ether oxygens (including phenoxy) is 3. The van der Waals surface area contributed by atoms with Gasteiger partial charge in [0.15, 0.2) is 5.17 Å². The number of esters is 1. The molecule has 1 aromatic rings. The van der Waals surface area contributed by atoms with E-state index in [-0.39, 0.29) is 31.1 Å². The van der Waals surface area contributed by atoms with Crippen LogP contribution in [0.2, 0.25) is 0 Å². The van der Waals surface area contributed by atoms with E-state index in [1.54, 1.807) is 18.4 Å². The molecular formula is C22H27N3O5S2. The largest absolute Gasteiger partial charge is 0.460 e. The fraction of sp³-hybridized carbons (Fsp3) is 0.500. The number of carbonyl (C=O) groups is 2. The topological polar surface area (TPSA) is 89.5 Å². The number of thioether (sulfide) groups is 1. The molecular weight excluding hydrogens is 450 g/mol. The zero-order valence-corrected chi connectivity index (χ0v) is 19.8. The number of hydrogen-bond donors (Lipinski definition) is 1. The number of nitrogens with zero attached hydrogens (tertiary/aromatic N) is 2. The Labute approximate surface area is 195 Å². The van der Waals surface area contributed by atoms with E-state index < -0.39 is 5.97 Å². The molecule has 172 valence electrons. The number of allylic oxidation sites excluding steroid dienone is 1. The number of thiophene rings is 1. The minimum atomic E-state index is -0.417. The fourth-order valence-corrected chi connectivity index (χ4v) is 5.69. The Bertz CT molecular complexity index is 935. The van der Waals surface area contributed by atoms with Gasteiger partial charge in [-0.1, -0.05) is 17.8 Å². The molecule has 8 nitrogen and oxygen atoms in total. The lowest BCUT2D eigenvalue weighted by Crippen LogP contribution is -2.38. The summed E-state index contributed by atoms with van der Waals surface area (Å²) in [5.74, 6) is -0.492. The average molecular weight is 478 g/mol. The summed E-state index contributed by atoms with van der Waals surface area (Å²) in [5.41, 5.74) is 1.93. The van der Waals surface area contributed by atoms with Gasteiger partial charge in [0, 0.05) is 30.8 Å². The van der Waals surface area contributed by atoms with Crippen LogP contribution in [0.1, 0.15) is 37.1 Å². The van der Waals surface area contributed by atoms with Gasteiger partial charge in [0.05, 0.1) is 30.4 Å². The first-order chi connectivity index (χ1) is 15.6. The summed E-state index contributed by atoms with van der Waals surface area (Å²) in [4.78, 5) is 33.3. The molecule has 10 heteroatoms. The number of carbonyl (C=O) groups excluding carboxylic acids is 2. The first kappa shape index (κ1) is 23.0. The predicted octanol–water partition coefficient (Wildman–Crippen LogP) is 3.20. The summed E-state index contributed by atoms with van der Waals surface area (Å²) in [6, 6.07) is 3.56. The number of amides is 1. The molecule has 0 aromatic carbocycles. The Morgan fingerprint density at radius 1 is 1.38 bits per heavy atom. The molecule has 3 aliphatic rings. The molecule has 0 unspecified atom stereocenters. The molecule has 0 bridgehead atoms. The number of rotatable bonds is 9. The Kier molecular flexibility index (Phi) is 7.67. The van der Waals surface area contributed by atoms with Gasteiger partial charge in [-0.15, -0.1) is 11.3 Å². The highest BCUT2D eigenvalue weighted by molar-refractivity contribution is 8.16. The van der Waals surface area contributed by atoms with Crippen molar-refractivity contribution >= 4 is 40.1 Å². The van der Waals surface area contributed by atoms with Gasteiger partial charge in [-0.05, 0) is 36.6 Å². The highest BCUT2D eigenvalue weighted by Gasteiger charge is 2.41. The second-order valence-electron chi connectivity index (χ2n) is 7.65. The maximum atomic E-state index is 13.0. The number of aliphatic imine (C=N–C) groups is 1. The summed E-state index contributed by atoms with van der Waals surface area (Å²) in [5, 5.41) is 7.66. The van der Waals surface area contributed by atoms with E-state index in [9.17, 15) is 9.59 Å². The third-order valence-corrected chi connectivity index (χ3v) is 7.26. The van der Waals surface area contributed by atoms with Crippen LogP contribution in [0.5, 0.6) is 0 Å². The van der Waals surface area contributed by atoms with Gasteiger partial charge in [0.25, 0.3) is 0 Å². The number of methoxy groups -OCH3 is 1. The molecule has 3 aliphatic heterocycles. The molecule has 1 aromatic heterocycles. The van der Waals surface area contributed by atoms with Crippen LogP contribution in [-0.4, -0.2) is 61.5 Å². The molecule has 1 fully saturated rings. The van der Waals surface area contributed by atoms with Crippen molar-refractivity contribution in [3.63, 3.8) is 0 Å². The Morgan fingerprint density at radius 3 is 2.97 bits per heavy atom. The highest BCUT2D eigenvalue weighted by Crippen LogP contribution is 2.45. The van der Waals surface area contributed by atoms with Crippen molar-refractivity contribution in [2.75, 3.05) is 33.5 Å². The molecule has 0 spiro atoms. The van der Waals surface area contributed by atoms with Crippen LogP contribution in [0.15, 0.2) is 44.9 Å². The first-order valence-electron chi connectivity index (χ1n) is 10.6. The van der Waals surface area contributed by atoms with E-state index in [1.165, 1.54) is 11.8 Å². The van der Waals surface area contributed by atoms with Crippen LogP contribution >= 0.6 is 23.1 Å². The minimum absolute atomic E-state index is 0.0750. The first-order valence-corrected chi connectivity index (χ1v) is 12.4. The Hall–Kier alpha value is -2.14. The van der Waals surface area contributed by atoms with Crippen LogP contribution in [0.25, 0.3) is 0 Å². The molecule has 2 atom stereocenters. The Balaban J connectivity index is 1.53. The van der Waals surface area contributed by atoms with Crippen LogP contribution in [0.4, 0.5) is 0 Å². The SMILES string of the molecule is COCCOC(=O)C1=C(C)N=C2SC=C(CC(=O)NC[C@@H]3CCCO3)N2[C@@H]1c1cccs1. The van der Waals surface area contributed by atoms with Gasteiger partial charge in [-0.2, -0.15) is 0 Å². The van der Waals surface area contributed by atoms with E-state index in [2.05, 4.69) is 10.3 Å². The van der Waals surface area contributed by atoms with Gasteiger partial charge in [-0.25, -0.2) is 9.79 Å². The Morgan fingerprint density at radius 2 is 2.25 bits per heavy atom. The van der Waals surface area contributed by atoms with E-state index >= 15 is 0 Å². The number of fused-ring (bicyclic) bond motifs is 1. The lowest BCUT2D eigenvalue weighted by Gasteiger charge is -2.35. The average Bonchev–Trinajstić information content (AvgIpc) is 3.54. The molecule has 1 amide bonds. The van der Waals surface area contributed by atoms with Gasteiger partial charge in [0.2, 0.25) is 5.91 Å². The summed E-state index contributed by atoms with van der Waals surface area (Å²) in [6.45, 7) is 3.59. The maximum absolute atomic E-state index is 13.0. The second kappa shape index (κ2) is 10.7. The monoisotopic (exact) mass is 477 g/mol. The van der Waals surface area contributed by atoms with Crippen molar-refractivity contribution in [2.45, 2.75) is 38.3 Å². The summed E-state index contributed by atoms with van der Waals surface area (Å²) in [6.07, 6.45) is 2.30.